The molecule has 0 aliphatic heterocycles. The molecule has 24 heavy (non-hydrogen) atoms. The summed E-state index contributed by atoms with van der Waals surface area (Å²) in [4.78, 5) is 13.9. The molecule has 0 aromatic heterocycles. The maximum absolute atomic E-state index is 13.4. The number of nitrogens with zero attached hydrogens (tertiary/aromatic N) is 1. The normalized spacial score (nSPS) is 16.3. The second kappa shape index (κ2) is 8.99. The third kappa shape index (κ3) is 6.09. The monoisotopic (exact) mass is 339 g/mol. The fourth-order valence-electron chi connectivity index (χ4n) is 2.44. The first kappa shape index (κ1) is 20.4. The van der Waals surface area contributed by atoms with Gasteiger partial charge in [-0.3, -0.25) is 0 Å². The van der Waals surface area contributed by atoms with E-state index < -0.39 is 5.60 Å². The molecule has 136 valence electrons. The summed E-state index contributed by atoms with van der Waals surface area (Å²) in [6.07, 6.45) is 0.832. The molecule has 0 aliphatic carbocycles. The number of carbonyl (C=O) groups excluding carboxylic acids is 1. The van der Waals surface area contributed by atoms with Gasteiger partial charge in [0.2, 0.25) is 0 Å². The van der Waals surface area contributed by atoms with Gasteiger partial charge in [-0.2, -0.15) is 0 Å². The molecule has 0 bridgehead atoms. The molecule has 6 heteroatoms. The van der Waals surface area contributed by atoms with E-state index in [1.807, 2.05) is 38.9 Å². The molecule has 0 aliphatic rings. The van der Waals surface area contributed by atoms with E-state index in [4.69, 9.17) is 0 Å². The molecule has 0 heterocycles. The molecule has 3 N–H and O–H groups in total. The number of aliphatic hydroxyl groups is 1. The van der Waals surface area contributed by atoms with Crippen LogP contribution in [0.2, 0.25) is 0 Å². The summed E-state index contributed by atoms with van der Waals surface area (Å²) < 4.78 is 13.4. The molecule has 1 rings (SSSR count). The van der Waals surface area contributed by atoms with Gasteiger partial charge in [0.1, 0.15) is 5.82 Å². The van der Waals surface area contributed by atoms with Crippen LogP contribution in [0.4, 0.5) is 9.18 Å². The van der Waals surface area contributed by atoms with Crippen LogP contribution in [-0.2, 0) is 0 Å². The highest BCUT2D eigenvalue weighted by atomic mass is 19.1. The van der Waals surface area contributed by atoms with E-state index in [1.54, 1.807) is 13.0 Å². The van der Waals surface area contributed by atoms with Gasteiger partial charge in [-0.1, -0.05) is 32.4 Å². The number of amides is 2. The van der Waals surface area contributed by atoms with E-state index in [1.165, 1.54) is 12.1 Å². The van der Waals surface area contributed by atoms with Crippen molar-refractivity contribution in [1.82, 2.24) is 15.5 Å². The Kier molecular flexibility index (Phi) is 7.63. The number of rotatable bonds is 8. The molecule has 1 aromatic carbocycles. The molecule has 0 radical (unpaired) electrons. The predicted molar refractivity (Wildman–Crippen MR) is 94.3 cm³/mol. The Bertz CT molecular complexity index is 535. The van der Waals surface area contributed by atoms with Crippen LogP contribution in [0.15, 0.2) is 24.3 Å². The molecule has 5 nitrogen and oxygen atoms in total. The van der Waals surface area contributed by atoms with Crippen molar-refractivity contribution in [1.29, 1.82) is 0 Å². The van der Waals surface area contributed by atoms with Crippen LogP contribution in [0.25, 0.3) is 0 Å². The van der Waals surface area contributed by atoms with Crippen molar-refractivity contribution >= 4 is 6.03 Å². The first-order valence-corrected chi connectivity index (χ1v) is 8.33. The van der Waals surface area contributed by atoms with Gasteiger partial charge >= 0.3 is 6.03 Å². The second-order valence-electron chi connectivity index (χ2n) is 6.76. The molecule has 3 unspecified atom stereocenters. The van der Waals surface area contributed by atoms with E-state index in [-0.39, 0.29) is 30.4 Å². The lowest BCUT2D eigenvalue weighted by molar-refractivity contribution is 0.00788. The first-order chi connectivity index (χ1) is 11.2. The fraction of sp³-hybridized carbons (Fsp3) is 0.611. The highest BCUT2D eigenvalue weighted by Crippen LogP contribution is 2.19. The van der Waals surface area contributed by atoms with Crippen LogP contribution in [-0.4, -0.2) is 48.8 Å². The summed E-state index contributed by atoms with van der Waals surface area (Å²) in [7, 11) is 3.76. The van der Waals surface area contributed by atoms with Crippen LogP contribution in [0.5, 0.6) is 0 Å². The highest BCUT2D eigenvalue weighted by Gasteiger charge is 2.27. The molecule has 0 spiro atoms. The number of benzene rings is 1. The van der Waals surface area contributed by atoms with Crippen LogP contribution < -0.4 is 10.6 Å². The van der Waals surface area contributed by atoms with Crippen molar-refractivity contribution in [3.05, 3.63) is 35.6 Å². The largest absolute Gasteiger partial charge is 0.388 e. The minimum Gasteiger partial charge on any atom is -0.388 e. The SMILES string of the molecule is CCC(C)C(C)(O)CNC(=O)NCC(c1cccc(F)c1)N(C)C. The van der Waals surface area contributed by atoms with Gasteiger partial charge in [0.05, 0.1) is 11.6 Å². The smallest absolute Gasteiger partial charge is 0.314 e. The van der Waals surface area contributed by atoms with E-state index >= 15 is 0 Å². The van der Waals surface area contributed by atoms with Crippen molar-refractivity contribution in [3.8, 4) is 0 Å². The number of nitrogens with one attached hydrogen (secondary N) is 2. The summed E-state index contributed by atoms with van der Waals surface area (Å²) in [6.45, 7) is 6.19. The number of carbonyl (C=O) groups is 1. The topological polar surface area (TPSA) is 64.6 Å². The Hall–Kier alpha value is -1.66. The molecule has 2 amide bonds. The van der Waals surface area contributed by atoms with E-state index in [2.05, 4.69) is 10.6 Å². The summed E-state index contributed by atoms with van der Waals surface area (Å²) in [6, 6.07) is 5.88. The summed E-state index contributed by atoms with van der Waals surface area (Å²) in [5, 5.41) is 15.8. The number of halogens is 1. The van der Waals surface area contributed by atoms with Gasteiger partial charge in [-0.15, -0.1) is 0 Å². The Morgan fingerprint density at radius 2 is 2.04 bits per heavy atom. The minimum absolute atomic E-state index is 0.0830. The van der Waals surface area contributed by atoms with E-state index in [0.717, 1.165) is 12.0 Å². The maximum Gasteiger partial charge on any atom is 0.314 e. The second-order valence-corrected chi connectivity index (χ2v) is 6.76. The van der Waals surface area contributed by atoms with E-state index in [9.17, 15) is 14.3 Å². The van der Waals surface area contributed by atoms with Gasteiger partial charge in [0.15, 0.2) is 0 Å². The molecule has 3 atom stereocenters. The number of likely N-dealkylation sites (N-methyl/N-ethyl adjacent to an activating group) is 1. The van der Waals surface area contributed by atoms with Crippen molar-refractivity contribution < 1.29 is 14.3 Å². The zero-order chi connectivity index (χ0) is 18.3. The Balaban J connectivity index is 2.57. The van der Waals surface area contributed by atoms with E-state index in [0.29, 0.717) is 6.54 Å². The molecule has 1 aromatic rings. The van der Waals surface area contributed by atoms with Crippen LogP contribution in [0, 0.1) is 11.7 Å². The molecule has 0 saturated heterocycles. The van der Waals surface area contributed by atoms with Gasteiger partial charge in [0.25, 0.3) is 0 Å². The van der Waals surface area contributed by atoms with Crippen molar-refractivity contribution in [2.45, 2.75) is 38.8 Å². The van der Waals surface area contributed by atoms with Gasteiger partial charge in [0, 0.05) is 13.1 Å². The average molecular weight is 339 g/mol. The zero-order valence-corrected chi connectivity index (χ0v) is 15.3. The lowest BCUT2D eigenvalue weighted by atomic mass is 9.89. The highest BCUT2D eigenvalue weighted by molar-refractivity contribution is 5.73. The number of urea groups is 1. The Labute approximate surface area is 144 Å². The van der Waals surface area contributed by atoms with Crippen molar-refractivity contribution in [2.75, 3.05) is 27.2 Å². The molecular weight excluding hydrogens is 309 g/mol. The fourth-order valence-corrected chi connectivity index (χ4v) is 2.44. The first-order valence-electron chi connectivity index (χ1n) is 8.33. The van der Waals surface area contributed by atoms with Crippen LogP contribution >= 0.6 is 0 Å². The minimum atomic E-state index is -0.949. The lowest BCUT2D eigenvalue weighted by Crippen LogP contribution is -2.49. The summed E-state index contributed by atoms with van der Waals surface area (Å²) >= 11 is 0. The quantitative estimate of drug-likeness (QED) is 0.682. The third-order valence-corrected chi connectivity index (χ3v) is 4.59. The standard InChI is InChI=1S/C18H30FN3O2/c1-6-13(2)18(3,24)12-21-17(23)20-11-16(22(4)5)14-8-7-9-15(19)10-14/h7-10,13,16,24H,6,11-12H2,1-5H3,(H2,20,21,23). The zero-order valence-electron chi connectivity index (χ0n) is 15.3. The number of hydrogen-bond acceptors (Lipinski definition) is 3. The Morgan fingerprint density at radius 3 is 2.58 bits per heavy atom. The van der Waals surface area contributed by atoms with Crippen molar-refractivity contribution in [3.63, 3.8) is 0 Å². The molecular formula is C18H30FN3O2. The van der Waals surface area contributed by atoms with Crippen molar-refractivity contribution in [2.24, 2.45) is 5.92 Å². The van der Waals surface area contributed by atoms with Gasteiger partial charge in [-0.05, 0) is 44.6 Å². The van der Waals surface area contributed by atoms with Crippen LogP contribution in [0.1, 0.15) is 38.8 Å². The summed E-state index contributed by atoms with van der Waals surface area (Å²) in [5.41, 5.74) is -0.151. The van der Waals surface area contributed by atoms with Gasteiger partial charge < -0.3 is 20.6 Å². The predicted octanol–water partition coefficient (Wildman–Crippen LogP) is 2.52. The molecule has 0 fully saturated rings. The lowest BCUT2D eigenvalue weighted by Gasteiger charge is -2.30. The molecule has 0 saturated carbocycles. The van der Waals surface area contributed by atoms with Crippen LogP contribution in [0.3, 0.4) is 0 Å². The average Bonchev–Trinajstić information content (AvgIpc) is 2.52. The number of hydrogen-bond donors (Lipinski definition) is 3. The Morgan fingerprint density at radius 1 is 1.38 bits per heavy atom. The summed E-state index contributed by atoms with van der Waals surface area (Å²) in [5.74, 6) is -0.215. The maximum atomic E-state index is 13.4. The third-order valence-electron chi connectivity index (χ3n) is 4.59. The van der Waals surface area contributed by atoms with Gasteiger partial charge in [-0.25, -0.2) is 9.18 Å².